The Bertz CT molecular complexity index is 792. The predicted octanol–water partition coefficient (Wildman–Crippen LogP) is 3.20. The molecule has 1 atom stereocenters. The van der Waals surface area contributed by atoms with Gasteiger partial charge in [-0.2, -0.15) is 0 Å². The SMILES string of the molecule is CC[C@@H]1Oc2ccccc2N(CC(=O)NCCc2ccc(Cl)cc2)C1=O. The van der Waals surface area contributed by atoms with Crippen LogP contribution in [0.5, 0.6) is 5.75 Å². The quantitative estimate of drug-likeness (QED) is 0.847. The van der Waals surface area contributed by atoms with E-state index in [4.69, 9.17) is 16.3 Å². The first-order valence-electron chi connectivity index (χ1n) is 8.66. The van der Waals surface area contributed by atoms with Crippen LogP contribution in [0, 0.1) is 0 Å². The molecule has 26 heavy (non-hydrogen) atoms. The number of nitrogens with one attached hydrogen (secondary N) is 1. The molecule has 0 unspecified atom stereocenters. The molecule has 0 aromatic heterocycles. The first-order valence-corrected chi connectivity index (χ1v) is 9.04. The minimum atomic E-state index is -0.549. The van der Waals surface area contributed by atoms with E-state index in [-0.39, 0.29) is 18.4 Å². The topological polar surface area (TPSA) is 58.6 Å². The smallest absolute Gasteiger partial charge is 0.268 e. The van der Waals surface area contributed by atoms with Crippen LogP contribution in [0.3, 0.4) is 0 Å². The summed E-state index contributed by atoms with van der Waals surface area (Å²) in [5.41, 5.74) is 1.73. The number of ether oxygens (including phenoxy) is 1. The van der Waals surface area contributed by atoms with Gasteiger partial charge in [-0.05, 0) is 42.7 Å². The Morgan fingerprint density at radius 3 is 2.65 bits per heavy atom. The van der Waals surface area contributed by atoms with E-state index in [9.17, 15) is 9.59 Å². The number of halogens is 1. The van der Waals surface area contributed by atoms with E-state index in [1.54, 1.807) is 6.07 Å². The van der Waals surface area contributed by atoms with E-state index in [0.717, 1.165) is 5.56 Å². The summed E-state index contributed by atoms with van der Waals surface area (Å²) in [7, 11) is 0. The molecule has 1 aliphatic rings. The van der Waals surface area contributed by atoms with E-state index < -0.39 is 6.10 Å². The Hall–Kier alpha value is -2.53. The van der Waals surface area contributed by atoms with Gasteiger partial charge in [0, 0.05) is 11.6 Å². The Morgan fingerprint density at radius 1 is 1.19 bits per heavy atom. The Morgan fingerprint density at radius 2 is 1.92 bits per heavy atom. The van der Waals surface area contributed by atoms with Gasteiger partial charge in [0.1, 0.15) is 12.3 Å². The number of para-hydroxylation sites is 2. The maximum absolute atomic E-state index is 12.6. The molecule has 1 N–H and O–H groups in total. The summed E-state index contributed by atoms with van der Waals surface area (Å²) >= 11 is 5.87. The van der Waals surface area contributed by atoms with Crippen molar-refractivity contribution in [3.8, 4) is 5.75 Å². The molecule has 1 heterocycles. The molecule has 0 bridgehead atoms. The maximum Gasteiger partial charge on any atom is 0.268 e. The highest BCUT2D eigenvalue weighted by Gasteiger charge is 2.34. The number of rotatable bonds is 6. The minimum absolute atomic E-state index is 0.0175. The molecular weight excluding hydrogens is 352 g/mol. The molecule has 2 amide bonds. The van der Waals surface area contributed by atoms with Crippen molar-refractivity contribution >= 4 is 29.1 Å². The van der Waals surface area contributed by atoms with Gasteiger partial charge in [0.15, 0.2) is 6.10 Å². The van der Waals surface area contributed by atoms with Gasteiger partial charge in [-0.25, -0.2) is 0 Å². The summed E-state index contributed by atoms with van der Waals surface area (Å²) in [6.45, 7) is 2.37. The van der Waals surface area contributed by atoms with Crippen molar-refractivity contribution in [1.82, 2.24) is 5.32 Å². The normalized spacial score (nSPS) is 16.0. The molecule has 0 saturated heterocycles. The van der Waals surface area contributed by atoms with Crippen LogP contribution in [0.1, 0.15) is 18.9 Å². The van der Waals surface area contributed by atoms with E-state index in [1.807, 2.05) is 49.4 Å². The molecule has 0 saturated carbocycles. The molecule has 5 nitrogen and oxygen atoms in total. The maximum atomic E-state index is 12.6. The standard InChI is InChI=1S/C20H21ClN2O3/c1-2-17-20(25)23(16-5-3-4-6-18(16)26-17)13-19(24)22-12-11-14-7-9-15(21)10-8-14/h3-10,17H,2,11-13H2,1H3,(H,22,24)/t17-/m0/s1. The number of amides is 2. The lowest BCUT2D eigenvalue weighted by molar-refractivity contribution is -0.129. The molecule has 136 valence electrons. The monoisotopic (exact) mass is 372 g/mol. The molecule has 0 spiro atoms. The van der Waals surface area contributed by atoms with E-state index in [0.29, 0.717) is 35.8 Å². The molecule has 6 heteroatoms. The Kier molecular flexibility index (Phi) is 5.78. The van der Waals surface area contributed by atoms with Gasteiger partial charge in [0.2, 0.25) is 5.91 Å². The number of anilines is 1. The number of carbonyl (C=O) groups is 2. The zero-order valence-corrected chi connectivity index (χ0v) is 15.3. The highest BCUT2D eigenvalue weighted by molar-refractivity contribution is 6.30. The molecule has 0 radical (unpaired) electrons. The third kappa shape index (κ3) is 4.17. The number of hydrogen-bond donors (Lipinski definition) is 1. The average molecular weight is 373 g/mol. The largest absolute Gasteiger partial charge is 0.478 e. The number of hydrogen-bond acceptors (Lipinski definition) is 3. The second-order valence-electron chi connectivity index (χ2n) is 6.13. The van der Waals surface area contributed by atoms with Crippen molar-refractivity contribution in [2.24, 2.45) is 0 Å². The van der Waals surface area contributed by atoms with Crippen molar-refractivity contribution < 1.29 is 14.3 Å². The van der Waals surface area contributed by atoms with Gasteiger partial charge in [-0.3, -0.25) is 14.5 Å². The van der Waals surface area contributed by atoms with Crippen LogP contribution in [0.25, 0.3) is 0 Å². The molecule has 0 fully saturated rings. The van der Waals surface area contributed by atoms with Crippen LogP contribution in [-0.4, -0.2) is 31.0 Å². The van der Waals surface area contributed by atoms with Gasteiger partial charge in [-0.15, -0.1) is 0 Å². The molecule has 0 aliphatic carbocycles. The van der Waals surface area contributed by atoms with E-state index in [1.165, 1.54) is 4.90 Å². The average Bonchev–Trinajstić information content (AvgIpc) is 2.65. The number of fused-ring (bicyclic) bond motifs is 1. The third-order valence-electron chi connectivity index (χ3n) is 4.29. The Balaban J connectivity index is 1.60. The molecular formula is C20H21ClN2O3. The number of benzene rings is 2. The van der Waals surface area contributed by atoms with Crippen molar-refractivity contribution in [1.29, 1.82) is 0 Å². The van der Waals surface area contributed by atoms with Crippen molar-refractivity contribution in [3.05, 3.63) is 59.1 Å². The lowest BCUT2D eigenvalue weighted by atomic mass is 10.1. The number of carbonyl (C=O) groups excluding carboxylic acids is 2. The fraction of sp³-hybridized carbons (Fsp3) is 0.300. The van der Waals surface area contributed by atoms with Gasteiger partial charge in [-0.1, -0.05) is 42.8 Å². The summed E-state index contributed by atoms with van der Waals surface area (Å²) in [6, 6.07) is 14.8. The second-order valence-corrected chi connectivity index (χ2v) is 6.57. The fourth-order valence-electron chi connectivity index (χ4n) is 2.89. The van der Waals surface area contributed by atoms with Gasteiger partial charge in [0.05, 0.1) is 5.69 Å². The van der Waals surface area contributed by atoms with Gasteiger partial charge < -0.3 is 10.1 Å². The first kappa shape index (κ1) is 18.3. The third-order valence-corrected chi connectivity index (χ3v) is 4.54. The molecule has 1 aliphatic heterocycles. The second kappa shape index (κ2) is 8.23. The van der Waals surface area contributed by atoms with Crippen LogP contribution in [0.4, 0.5) is 5.69 Å². The summed E-state index contributed by atoms with van der Waals surface area (Å²) in [5, 5.41) is 3.56. The van der Waals surface area contributed by atoms with Gasteiger partial charge >= 0.3 is 0 Å². The first-order chi connectivity index (χ1) is 12.6. The zero-order chi connectivity index (χ0) is 18.5. The Labute approximate surface area is 157 Å². The highest BCUT2D eigenvalue weighted by atomic mass is 35.5. The summed E-state index contributed by atoms with van der Waals surface area (Å²) < 4.78 is 5.72. The summed E-state index contributed by atoms with van der Waals surface area (Å²) in [5.74, 6) is 0.255. The van der Waals surface area contributed by atoms with Gasteiger partial charge in [0.25, 0.3) is 5.91 Å². The van der Waals surface area contributed by atoms with Crippen LogP contribution in [0.2, 0.25) is 5.02 Å². The molecule has 2 aromatic carbocycles. The number of nitrogens with zero attached hydrogens (tertiary/aromatic N) is 1. The van der Waals surface area contributed by atoms with Crippen LogP contribution in [0.15, 0.2) is 48.5 Å². The minimum Gasteiger partial charge on any atom is -0.478 e. The van der Waals surface area contributed by atoms with Crippen molar-refractivity contribution in [2.45, 2.75) is 25.9 Å². The van der Waals surface area contributed by atoms with Crippen LogP contribution >= 0.6 is 11.6 Å². The molecule has 3 rings (SSSR count). The summed E-state index contributed by atoms with van der Waals surface area (Å²) in [6.07, 6.45) is 0.711. The predicted molar refractivity (Wildman–Crippen MR) is 102 cm³/mol. The van der Waals surface area contributed by atoms with Crippen molar-refractivity contribution in [2.75, 3.05) is 18.0 Å². The fourth-order valence-corrected chi connectivity index (χ4v) is 3.02. The summed E-state index contributed by atoms with van der Waals surface area (Å²) in [4.78, 5) is 26.4. The lowest BCUT2D eigenvalue weighted by Crippen LogP contribution is -2.49. The van der Waals surface area contributed by atoms with Crippen LogP contribution < -0.4 is 15.0 Å². The van der Waals surface area contributed by atoms with Crippen molar-refractivity contribution in [3.63, 3.8) is 0 Å². The zero-order valence-electron chi connectivity index (χ0n) is 14.6. The van der Waals surface area contributed by atoms with E-state index in [2.05, 4.69) is 5.32 Å². The van der Waals surface area contributed by atoms with E-state index >= 15 is 0 Å². The lowest BCUT2D eigenvalue weighted by Gasteiger charge is -2.33. The highest BCUT2D eigenvalue weighted by Crippen LogP contribution is 2.34. The van der Waals surface area contributed by atoms with Crippen LogP contribution in [-0.2, 0) is 16.0 Å². The molecule has 2 aromatic rings.